The molecule has 166 valence electrons. The number of ether oxygens (including phenoxy) is 1. The molecule has 30 heavy (non-hydrogen) atoms. The molecule has 1 unspecified atom stereocenters. The van der Waals surface area contributed by atoms with E-state index in [-0.39, 0.29) is 17.6 Å². The first-order chi connectivity index (χ1) is 14.2. The Morgan fingerprint density at radius 2 is 1.63 bits per heavy atom. The highest BCUT2D eigenvalue weighted by Crippen LogP contribution is 2.40. The van der Waals surface area contributed by atoms with Crippen LogP contribution in [0.3, 0.4) is 0 Å². The van der Waals surface area contributed by atoms with E-state index in [0.29, 0.717) is 0 Å². The molecule has 0 bridgehead atoms. The molecule has 3 fully saturated rings. The SMILES string of the molecule is O=C(C1CCC2(CCN(c3ncccn3)CC2)O1)N1CCCC1.O=C(O)C(F)(F)F. The number of hydrogen-bond donors (Lipinski definition) is 1. The number of likely N-dealkylation sites (tertiary alicyclic amines) is 1. The standard InChI is InChI=1S/C17H24N4O2.C2HF3O2/c22-15(20-10-1-2-11-20)14-4-5-17(23-14)6-12-21(13-7-17)16-18-8-3-9-19-16;3-2(4,5)1(6)7/h3,8-9,14H,1-2,4-7,10-13H2;(H,6,7). The summed E-state index contributed by atoms with van der Waals surface area (Å²) in [7, 11) is 0. The number of carbonyl (C=O) groups excluding carboxylic acids is 1. The van der Waals surface area contributed by atoms with E-state index in [1.807, 2.05) is 11.0 Å². The van der Waals surface area contributed by atoms with Crippen molar-refractivity contribution in [3.8, 4) is 0 Å². The molecule has 1 amide bonds. The summed E-state index contributed by atoms with van der Waals surface area (Å²) in [4.78, 5) is 34.3. The maximum absolute atomic E-state index is 12.5. The molecule has 1 atom stereocenters. The van der Waals surface area contributed by atoms with Crippen LogP contribution in [0.5, 0.6) is 0 Å². The van der Waals surface area contributed by atoms with Crippen molar-refractivity contribution in [3.05, 3.63) is 18.5 Å². The molecule has 1 spiro atoms. The van der Waals surface area contributed by atoms with Crippen molar-refractivity contribution < 1.29 is 32.6 Å². The predicted molar refractivity (Wildman–Crippen MR) is 99.8 cm³/mol. The predicted octanol–water partition coefficient (Wildman–Crippen LogP) is 2.25. The largest absolute Gasteiger partial charge is 0.490 e. The fourth-order valence-corrected chi connectivity index (χ4v) is 4.07. The number of piperidine rings is 1. The van der Waals surface area contributed by atoms with Gasteiger partial charge in [-0.05, 0) is 44.6 Å². The average Bonchev–Trinajstić information content (AvgIpc) is 3.39. The number of anilines is 1. The molecular weight excluding hydrogens is 405 g/mol. The Kier molecular flexibility index (Phi) is 6.79. The highest BCUT2D eigenvalue weighted by molar-refractivity contribution is 5.81. The Labute approximate surface area is 172 Å². The van der Waals surface area contributed by atoms with E-state index in [1.54, 1.807) is 12.4 Å². The minimum absolute atomic E-state index is 0.106. The van der Waals surface area contributed by atoms with Crippen LogP contribution < -0.4 is 4.90 Å². The monoisotopic (exact) mass is 430 g/mol. The minimum atomic E-state index is -5.08. The van der Waals surface area contributed by atoms with Gasteiger partial charge in [0.2, 0.25) is 5.95 Å². The molecule has 0 aromatic carbocycles. The molecule has 1 aromatic heterocycles. The van der Waals surface area contributed by atoms with Gasteiger partial charge >= 0.3 is 12.1 Å². The molecule has 1 aromatic rings. The molecule has 1 N–H and O–H groups in total. The molecular formula is C19H25F3N4O4. The van der Waals surface area contributed by atoms with Crippen molar-refractivity contribution in [2.75, 3.05) is 31.1 Å². The highest BCUT2D eigenvalue weighted by atomic mass is 19.4. The zero-order valence-electron chi connectivity index (χ0n) is 16.5. The van der Waals surface area contributed by atoms with Crippen molar-refractivity contribution in [2.24, 2.45) is 0 Å². The van der Waals surface area contributed by atoms with Gasteiger partial charge in [0.15, 0.2) is 0 Å². The first kappa shape index (κ1) is 22.3. The lowest BCUT2D eigenvalue weighted by Crippen LogP contribution is -2.46. The molecule has 0 aliphatic carbocycles. The Hall–Kier alpha value is -2.43. The van der Waals surface area contributed by atoms with E-state index >= 15 is 0 Å². The van der Waals surface area contributed by atoms with Crippen LogP contribution in [0.25, 0.3) is 0 Å². The van der Waals surface area contributed by atoms with Crippen LogP contribution in [-0.4, -0.2) is 75.9 Å². The zero-order valence-corrected chi connectivity index (χ0v) is 16.5. The van der Waals surface area contributed by atoms with Crippen molar-refractivity contribution in [1.82, 2.24) is 14.9 Å². The van der Waals surface area contributed by atoms with Gasteiger partial charge in [0, 0.05) is 38.6 Å². The van der Waals surface area contributed by atoms with Gasteiger partial charge in [0.25, 0.3) is 5.91 Å². The molecule has 4 rings (SSSR count). The van der Waals surface area contributed by atoms with Gasteiger partial charge in [0.05, 0.1) is 5.60 Å². The highest BCUT2D eigenvalue weighted by Gasteiger charge is 2.46. The van der Waals surface area contributed by atoms with Crippen molar-refractivity contribution in [1.29, 1.82) is 0 Å². The van der Waals surface area contributed by atoms with E-state index < -0.39 is 12.1 Å². The lowest BCUT2D eigenvalue weighted by Gasteiger charge is -2.39. The van der Waals surface area contributed by atoms with Gasteiger partial charge < -0.3 is 19.6 Å². The quantitative estimate of drug-likeness (QED) is 0.769. The Balaban J connectivity index is 0.000000318. The van der Waals surface area contributed by atoms with Crippen LogP contribution in [0.15, 0.2) is 18.5 Å². The Bertz CT molecular complexity index is 733. The summed E-state index contributed by atoms with van der Waals surface area (Å²) in [6.07, 6.45) is 4.31. The van der Waals surface area contributed by atoms with Gasteiger partial charge in [-0.25, -0.2) is 14.8 Å². The van der Waals surface area contributed by atoms with Crippen LogP contribution in [0.4, 0.5) is 19.1 Å². The summed E-state index contributed by atoms with van der Waals surface area (Å²) in [5.74, 6) is -1.74. The van der Waals surface area contributed by atoms with Crippen molar-refractivity contribution >= 4 is 17.8 Å². The topological polar surface area (TPSA) is 95.9 Å². The number of carboxylic acid groups (broad SMARTS) is 1. The second kappa shape index (κ2) is 9.15. The number of amides is 1. The fourth-order valence-electron chi connectivity index (χ4n) is 4.07. The number of aliphatic carboxylic acids is 1. The van der Waals surface area contributed by atoms with Crippen LogP contribution in [0.2, 0.25) is 0 Å². The van der Waals surface area contributed by atoms with Crippen LogP contribution in [0.1, 0.15) is 38.5 Å². The molecule has 3 saturated heterocycles. The Morgan fingerprint density at radius 1 is 1.07 bits per heavy atom. The molecule has 11 heteroatoms. The lowest BCUT2D eigenvalue weighted by atomic mass is 9.88. The summed E-state index contributed by atoms with van der Waals surface area (Å²) < 4.78 is 38.0. The van der Waals surface area contributed by atoms with Gasteiger partial charge in [-0.1, -0.05) is 0 Å². The maximum Gasteiger partial charge on any atom is 0.490 e. The number of hydrogen-bond acceptors (Lipinski definition) is 6. The number of rotatable bonds is 2. The second-order valence-corrected chi connectivity index (χ2v) is 7.70. The first-order valence-corrected chi connectivity index (χ1v) is 9.99. The van der Waals surface area contributed by atoms with Crippen LogP contribution in [0, 0.1) is 0 Å². The third-order valence-corrected chi connectivity index (χ3v) is 5.70. The van der Waals surface area contributed by atoms with E-state index in [9.17, 15) is 18.0 Å². The molecule has 3 aliphatic rings. The van der Waals surface area contributed by atoms with Crippen LogP contribution in [-0.2, 0) is 14.3 Å². The van der Waals surface area contributed by atoms with E-state index in [4.69, 9.17) is 14.6 Å². The number of halogens is 3. The summed E-state index contributed by atoms with van der Waals surface area (Å²) in [6.45, 7) is 3.61. The number of alkyl halides is 3. The van der Waals surface area contributed by atoms with E-state index in [0.717, 1.165) is 70.7 Å². The van der Waals surface area contributed by atoms with E-state index in [2.05, 4.69) is 14.9 Å². The van der Waals surface area contributed by atoms with Gasteiger partial charge in [-0.3, -0.25) is 4.79 Å². The number of carbonyl (C=O) groups is 2. The number of nitrogens with zero attached hydrogens (tertiary/aromatic N) is 4. The first-order valence-electron chi connectivity index (χ1n) is 9.99. The van der Waals surface area contributed by atoms with E-state index in [1.165, 1.54) is 0 Å². The molecule has 0 saturated carbocycles. The Morgan fingerprint density at radius 3 is 2.17 bits per heavy atom. The van der Waals surface area contributed by atoms with Gasteiger partial charge in [-0.2, -0.15) is 13.2 Å². The zero-order chi connectivity index (χ0) is 21.8. The van der Waals surface area contributed by atoms with Crippen molar-refractivity contribution in [3.63, 3.8) is 0 Å². The minimum Gasteiger partial charge on any atom is -0.475 e. The molecule has 3 aliphatic heterocycles. The summed E-state index contributed by atoms with van der Waals surface area (Å²) in [6, 6.07) is 1.84. The van der Waals surface area contributed by atoms with Gasteiger partial charge in [0.1, 0.15) is 6.10 Å². The summed E-state index contributed by atoms with van der Waals surface area (Å²) in [5.41, 5.74) is -0.106. The molecule has 0 radical (unpaired) electrons. The lowest BCUT2D eigenvalue weighted by molar-refractivity contribution is -0.192. The molecule has 4 heterocycles. The third kappa shape index (κ3) is 5.38. The van der Waals surface area contributed by atoms with Crippen molar-refractivity contribution in [2.45, 2.75) is 56.4 Å². The summed E-state index contributed by atoms with van der Waals surface area (Å²) in [5, 5.41) is 7.12. The third-order valence-electron chi connectivity index (χ3n) is 5.70. The average molecular weight is 430 g/mol. The fraction of sp³-hybridized carbons (Fsp3) is 0.684. The number of carboxylic acids is 1. The smallest absolute Gasteiger partial charge is 0.475 e. The number of aromatic nitrogens is 2. The molecule has 8 nitrogen and oxygen atoms in total. The van der Waals surface area contributed by atoms with Gasteiger partial charge in [-0.15, -0.1) is 0 Å². The normalized spacial score (nSPS) is 23.2. The van der Waals surface area contributed by atoms with Crippen LogP contribution >= 0.6 is 0 Å². The second-order valence-electron chi connectivity index (χ2n) is 7.70. The maximum atomic E-state index is 12.5. The summed E-state index contributed by atoms with van der Waals surface area (Å²) >= 11 is 0.